The molecular formula is C15H14N2O3. The number of Topliss-reactive ketones (excluding diaryl/α,β-unsaturated/α-hetero) is 1. The van der Waals surface area contributed by atoms with Gasteiger partial charge in [-0.1, -0.05) is 12.1 Å². The Labute approximate surface area is 116 Å². The maximum absolute atomic E-state index is 12.0. The summed E-state index contributed by atoms with van der Waals surface area (Å²) in [6, 6.07) is 10.1. The van der Waals surface area contributed by atoms with E-state index in [0.29, 0.717) is 16.9 Å². The summed E-state index contributed by atoms with van der Waals surface area (Å²) in [5, 5.41) is 2.57. The number of pyridine rings is 1. The van der Waals surface area contributed by atoms with E-state index >= 15 is 0 Å². The lowest BCUT2D eigenvalue weighted by Crippen LogP contribution is -2.29. The van der Waals surface area contributed by atoms with Crippen LogP contribution in [0.4, 0.5) is 0 Å². The third-order valence-corrected chi connectivity index (χ3v) is 2.72. The monoisotopic (exact) mass is 270 g/mol. The van der Waals surface area contributed by atoms with Gasteiger partial charge in [0.05, 0.1) is 19.2 Å². The second-order valence-electron chi connectivity index (χ2n) is 4.08. The fourth-order valence-electron chi connectivity index (χ4n) is 1.66. The second-order valence-corrected chi connectivity index (χ2v) is 4.08. The zero-order chi connectivity index (χ0) is 14.4. The molecule has 1 N–H and O–H groups in total. The van der Waals surface area contributed by atoms with Crippen LogP contribution in [0.25, 0.3) is 0 Å². The van der Waals surface area contributed by atoms with Gasteiger partial charge in [0.2, 0.25) is 0 Å². The van der Waals surface area contributed by atoms with Crippen molar-refractivity contribution in [3.05, 3.63) is 59.9 Å². The number of rotatable bonds is 5. The number of ether oxygens (including phenoxy) is 1. The summed E-state index contributed by atoms with van der Waals surface area (Å²) in [6.45, 7) is -0.0686. The largest absolute Gasteiger partial charge is 0.497 e. The molecule has 0 aliphatic heterocycles. The van der Waals surface area contributed by atoms with Crippen molar-refractivity contribution < 1.29 is 14.3 Å². The van der Waals surface area contributed by atoms with Gasteiger partial charge in [0.15, 0.2) is 5.78 Å². The molecule has 1 heterocycles. The van der Waals surface area contributed by atoms with Gasteiger partial charge in [-0.2, -0.15) is 0 Å². The SMILES string of the molecule is COc1cccc(C(=O)CNC(=O)c2cccnc2)c1. The number of nitrogens with zero attached hydrogens (tertiary/aromatic N) is 1. The molecule has 0 unspecified atom stereocenters. The molecular weight excluding hydrogens is 256 g/mol. The first-order chi connectivity index (χ1) is 9.70. The molecule has 0 aliphatic rings. The first-order valence-electron chi connectivity index (χ1n) is 6.06. The fraction of sp³-hybridized carbons (Fsp3) is 0.133. The van der Waals surface area contributed by atoms with Crippen molar-refractivity contribution >= 4 is 11.7 Å². The lowest BCUT2D eigenvalue weighted by Gasteiger charge is -2.06. The molecule has 0 bridgehead atoms. The number of ketones is 1. The molecule has 0 saturated heterocycles. The van der Waals surface area contributed by atoms with Crippen molar-refractivity contribution in [3.63, 3.8) is 0 Å². The minimum absolute atomic E-state index is 0.0686. The second kappa shape index (κ2) is 6.47. The summed E-state index contributed by atoms with van der Waals surface area (Å²) < 4.78 is 5.05. The molecule has 2 rings (SSSR count). The zero-order valence-electron chi connectivity index (χ0n) is 11.0. The maximum atomic E-state index is 12.0. The molecule has 0 fully saturated rings. The molecule has 0 spiro atoms. The molecule has 0 saturated carbocycles. The molecule has 0 atom stereocenters. The van der Waals surface area contributed by atoms with Crippen LogP contribution in [0.5, 0.6) is 5.75 Å². The predicted molar refractivity (Wildman–Crippen MR) is 73.9 cm³/mol. The summed E-state index contributed by atoms with van der Waals surface area (Å²) in [5.41, 5.74) is 0.918. The number of hydrogen-bond acceptors (Lipinski definition) is 4. The van der Waals surface area contributed by atoms with E-state index in [-0.39, 0.29) is 18.2 Å². The van der Waals surface area contributed by atoms with Gasteiger partial charge in [-0.25, -0.2) is 0 Å². The van der Waals surface area contributed by atoms with Crippen LogP contribution < -0.4 is 10.1 Å². The Kier molecular flexibility index (Phi) is 4.44. The Balaban J connectivity index is 1.97. The number of carbonyl (C=O) groups excluding carboxylic acids is 2. The van der Waals surface area contributed by atoms with Crippen LogP contribution in [0.1, 0.15) is 20.7 Å². The molecule has 2 aromatic rings. The van der Waals surface area contributed by atoms with Crippen molar-refractivity contribution in [1.29, 1.82) is 0 Å². The van der Waals surface area contributed by atoms with Gasteiger partial charge in [0, 0.05) is 18.0 Å². The van der Waals surface area contributed by atoms with Gasteiger partial charge in [0.25, 0.3) is 5.91 Å². The lowest BCUT2D eigenvalue weighted by atomic mass is 10.1. The summed E-state index contributed by atoms with van der Waals surface area (Å²) in [5.74, 6) is 0.102. The number of nitrogens with one attached hydrogen (secondary N) is 1. The van der Waals surface area contributed by atoms with Crippen LogP contribution in [-0.4, -0.2) is 30.3 Å². The Morgan fingerprint density at radius 1 is 1.20 bits per heavy atom. The average Bonchev–Trinajstić information content (AvgIpc) is 2.53. The van der Waals surface area contributed by atoms with Crippen molar-refractivity contribution in [3.8, 4) is 5.75 Å². The Hall–Kier alpha value is -2.69. The zero-order valence-corrected chi connectivity index (χ0v) is 11.0. The molecule has 1 aromatic heterocycles. The first-order valence-corrected chi connectivity index (χ1v) is 6.06. The van der Waals surface area contributed by atoms with E-state index in [9.17, 15) is 9.59 Å². The summed E-state index contributed by atoms with van der Waals surface area (Å²) >= 11 is 0. The lowest BCUT2D eigenvalue weighted by molar-refractivity contribution is 0.0904. The predicted octanol–water partition coefficient (Wildman–Crippen LogP) is 1.70. The smallest absolute Gasteiger partial charge is 0.253 e. The standard InChI is InChI=1S/C15H14N2O3/c1-20-13-6-2-4-11(8-13)14(18)10-17-15(19)12-5-3-7-16-9-12/h2-9H,10H2,1H3,(H,17,19). The highest BCUT2D eigenvalue weighted by Crippen LogP contribution is 2.12. The molecule has 0 radical (unpaired) electrons. The van der Waals surface area contributed by atoms with Crippen LogP contribution in [-0.2, 0) is 0 Å². The molecule has 5 heteroatoms. The van der Waals surface area contributed by atoms with Crippen LogP contribution in [0.15, 0.2) is 48.8 Å². The van der Waals surface area contributed by atoms with E-state index in [1.54, 1.807) is 42.6 Å². The van der Waals surface area contributed by atoms with E-state index in [1.165, 1.54) is 13.3 Å². The van der Waals surface area contributed by atoms with Crippen LogP contribution in [0, 0.1) is 0 Å². The number of benzene rings is 1. The van der Waals surface area contributed by atoms with Gasteiger partial charge in [-0.3, -0.25) is 14.6 Å². The molecule has 5 nitrogen and oxygen atoms in total. The van der Waals surface area contributed by atoms with Gasteiger partial charge < -0.3 is 10.1 Å². The molecule has 1 amide bonds. The van der Waals surface area contributed by atoms with Gasteiger partial charge in [-0.15, -0.1) is 0 Å². The Bertz CT molecular complexity index is 612. The Morgan fingerprint density at radius 3 is 2.70 bits per heavy atom. The van der Waals surface area contributed by atoms with Gasteiger partial charge in [-0.05, 0) is 24.3 Å². The maximum Gasteiger partial charge on any atom is 0.253 e. The summed E-state index contributed by atoms with van der Waals surface area (Å²) in [7, 11) is 1.54. The normalized spacial score (nSPS) is 9.85. The highest BCUT2D eigenvalue weighted by Gasteiger charge is 2.10. The van der Waals surface area contributed by atoms with Gasteiger partial charge in [0.1, 0.15) is 5.75 Å². The highest BCUT2D eigenvalue weighted by atomic mass is 16.5. The minimum Gasteiger partial charge on any atom is -0.497 e. The third-order valence-electron chi connectivity index (χ3n) is 2.72. The molecule has 1 aromatic carbocycles. The van der Waals surface area contributed by atoms with E-state index in [4.69, 9.17) is 4.74 Å². The summed E-state index contributed by atoms with van der Waals surface area (Å²) in [6.07, 6.45) is 3.03. The number of aromatic nitrogens is 1. The minimum atomic E-state index is -0.325. The Morgan fingerprint density at radius 2 is 2.00 bits per heavy atom. The third kappa shape index (κ3) is 3.41. The van der Waals surface area contributed by atoms with Crippen molar-refractivity contribution in [2.45, 2.75) is 0 Å². The van der Waals surface area contributed by atoms with Crippen LogP contribution in [0.3, 0.4) is 0 Å². The molecule has 0 aliphatic carbocycles. The van der Waals surface area contributed by atoms with E-state index < -0.39 is 0 Å². The summed E-state index contributed by atoms with van der Waals surface area (Å²) in [4.78, 5) is 27.6. The van der Waals surface area contributed by atoms with E-state index in [0.717, 1.165) is 0 Å². The topological polar surface area (TPSA) is 68.3 Å². The average molecular weight is 270 g/mol. The van der Waals surface area contributed by atoms with E-state index in [1.807, 2.05) is 0 Å². The van der Waals surface area contributed by atoms with Gasteiger partial charge >= 0.3 is 0 Å². The van der Waals surface area contributed by atoms with Crippen LogP contribution >= 0.6 is 0 Å². The van der Waals surface area contributed by atoms with E-state index in [2.05, 4.69) is 10.3 Å². The highest BCUT2D eigenvalue weighted by molar-refractivity contribution is 6.02. The van der Waals surface area contributed by atoms with Crippen molar-refractivity contribution in [2.75, 3.05) is 13.7 Å². The quantitative estimate of drug-likeness (QED) is 0.840. The molecule has 20 heavy (non-hydrogen) atoms. The first kappa shape index (κ1) is 13.7. The fourth-order valence-corrected chi connectivity index (χ4v) is 1.66. The number of hydrogen-bond donors (Lipinski definition) is 1. The number of methoxy groups -OCH3 is 1. The number of carbonyl (C=O) groups is 2. The molecule has 102 valence electrons. The number of amides is 1. The van der Waals surface area contributed by atoms with Crippen LogP contribution in [0.2, 0.25) is 0 Å². The van der Waals surface area contributed by atoms with Crippen molar-refractivity contribution in [2.24, 2.45) is 0 Å². The van der Waals surface area contributed by atoms with Crippen molar-refractivity contribution in [1.82, 2.24) is 10.3 Å².